The lowest BCUT2D eigenvalue weighted by atomic mass is 10.1. The highest BCUT2D eigenvalue weighted by Crippen LogP contribution is 2.25. The lowest BCUT2D eigenvalue weighted by Gasteiger charge is -2.12. The Balaban J connectivity index is 1.66. The smallest absolute Gasteiger partial charge is 0.313 e. The summed E-state index contributed by atoms with van der Waals surface area (Å²) in [4.78, 5) is 24.2. The number of carbonyl (C=O) groups is 2. The fraction of sp³-hybridized carbons (Fsp3) is 0.150. The number of amides is 2. The molecule has 0 fully saturated rings. The van der Waals surface area contributed by atoms with Crippen LogP contribution in [-0.2, 0) is 16.6 Å². The molecule has 3 N–H and O–H groups in total. The first-order valence-corrected chi connectivity index (χ1v) is 8.79. The average molecular weight is 397 g/mol. The van der Waals surface area contributed by atoms with Crippen LogP contribution in [0.1, 0.15) is 17.2 Å². The Hall–Kier alpha value is -3.34. The minimum absolute atomic E-state index is 0.138. The molecular formula is C20H17ClN4O3. The van der Waals surface area contributed by atoms with E-state index in [1.807, 2.05) is 41.9 Å². The van der Waals surface area contributed by atoms with E-state index in [0.717, 1.165) is 10.9 Å². The Labute approximate surface area is 166 Å². The van der Waals surface area contributed by atoms with E-state index in [4.69, 9.17) is 16.9 Å². The van der Waals surface area contributed by atoms with Crippen LogP contribution in [0.4, 0.5) is 5.69 Å². The molecule has 3 aromatic rings. The van der Waals surface area contributed by atoms with Crippen molar-refractivity contribution in [2.24, 2.45) is 7.05 Å². The van der Waals surface area contributed by atoms with Gasteiger partial charge in [0.25, 0.3) is 0 Å². The zero-order valence-corrected chi connectivity index (χ0v) is 15.7. The second kappa shape index (κ2) is 8.13. The summed E-state index contributed by atoms with van der Waals surface area (Å²) >= 11 is 5.86. The molecule has 7 nitrogen and oxygen atoms in total. The maximum Gasteiger partial charge on any atom is 0.313 e. The molecule has 0 radical (unpaired) electrons. The second-order valence-electron chi connectivity index (χ2n) is 6.19. The van der Waals surface area contributed by atoms with E-state index in [1.54, 1.807) is 6.20 Å². The molecule has 0 saturated heterocycles. The van der Waals surface area contributed by atoms with Crippen molar-refractivity contribution in [2.75, 3.05) is 11.9 Å². The average Bonchev–Trinajstić information content (AvgIpc) is 3.03. The maximum absolute atomic E-state index is 12.1. The summed E-state index contributed by atoms with van der Waals surface area (Å²) in [6, 6.07) is 13.8. The number of carbonyl (C=O) groups excluding carboxylic acids is 2. The van der Waals surface area contributed by atoms with E-state index in [2.05, 4.69) is 10.6 Å². The highest BCUT2D eigenvalue weighted by Gasteiger charge is 2.19. The molecule has 0 bridgehead atoms. The molecule has 1 atom stereocenters. The zero-order chi connectivity index (χ0) is 20.3. The molecule has 0 saturated carbocycles. The Morgan fingerprint density at radius 2 is 2.00 bits per heavy atom. The van der Waals surface area contributed by atoms with Crippen LogP contribution in [0.15, 0.2) is 48.7 Å². The number of para-hydroxylation sites is 1. The summed E-state index contributed by atoms with van der Waals surface area (Å²) in [5.74, 6) is -1.88. The van der Waals surface area contributed by atoms with Crippen LogP contribution in [-0.4, -0.2) is 28.0 Å². The number of nitrogens with zero attached hydrogens (tertiary/aromatic N) is 2. The molecule has 0 aliphatic carbocycles. The first kappa shape index (κ1) is 19.4. The SMILES string of the molecule is Cn1cc([C@@H](O)CNC(=O)C(=O)Nc2cc(Cl)ccc2C#N)c2ccccc21. The molecule has 0 unspecified atom stereocenters. The van der Waals surface area contributed by atoms with Crippen LogP contribution in [0.5, 0.6) is 0 Å². The van der Waals surface area contributed by atoms with Gasteiger partial charge in [0.1, 0.15) is 6.07 Å². The molecule has 2 aromatic carbocycles. The number of aliphatic hydroxyl groups excluding tert-OH is 1. The lowest BCUT2D eigenvalue weighted by molar-refractivity contribution is -0.136. The second-order valence-corrected chi connectivity index (χ2v) is 6.63. The number of fused-ring (bicyclic) bond motifs is 1. The van der Waals surface area contributed by atoms with Gasteiger partial charge in [-0.15, -0.1) is 0 Å². The third-order valence-electron chi connectivity index (χ3n) is 4.30. The first-order valence-electron chi connectivity index (χ1n) is 8.41. The monoisotopic (exact) mass is 396 g/mol. The summed E-state index contributed by atoms with van der Waals surface area (Å²) in [6.07, 6.45) is 0.802. The minimum atomic E-state index is -0.983. The number of anilines is 1. The van der Waals surface area contributed by atoms with E-state index >= 15 is 0 Å². The van der Waals surface area contributed by atoms with Crippen molar-refractivity contribution in [1.82, 2.24) is 9.88 Å². The van der Waals surface area contributed by atoms with Crippen molar-refractivity contribution in [3.8, 4) is 6.07 Å². The topological polar surface area (TPSA) is 107 Å². The number of hydrogen-bond acceptors (Lipinski definition) is 4. The summed E-state index contributed by atoms with van der Waals surface area (Å²) in [6.45, 7) is -0.138. The third kappa shape index (κ3) is 3.98. The van der Waals surface area contributed by atoms with Gasteiger partial charge in [0.2, 0.25) is 0 Å². The highest BCUT2D eigenvalue weighted by atomic mass is 35.5. The van der Waals surface area contributed by atoms with E-state index in [0.29, 0.717) is 10.6 Å². The summed E-state index contributed by atoms with van der Waals surface area (Å²) < 4.78 is 1.88. The fourth-order valence-corrected chi connectivity index (χ4v) is 3.09. The first-order chi connectivity index (χ1) is 13.4. The third-order valence-corrected chi connectivity index (χ3v) is 4.53. The van der Waals surface area contributed by atoms with E-state index in [-0.39, 0.29) is 17.8 Å². The molecule has 0 spiro atoms. The molecule has 28 heavy (non-hydrogen) atoms. The van der Waals surface area contributed by atoms with Crippen LogP contribution in [0.2, 0.25) is 5.02 Å². The van der Waals surface area contributed by atoms with Gasteiger partial charge in [-0.3, -0.25) is 9.59 Å². The number of rotatable bonds is 4. The van der Waals surface area contributed by atoms with Crippen molar-refractivity contribution in [2.45, 2.75) is 6.10 Å². The van der Waals surface area contributed by atoms with Gasteiger partial charge in [-0.1, -0.05) is 29.8 Å². The van der Waals surface area contributed by atoms with Crippen molar-refractivity contribution in [3.05, 3.63) is 64.8 Å². The van der Waals surface area contributed by atoms with Gasteiger partial charge in [0.15, 0.2) is 0 Å². The molecule has 0 aliphatic rings. The van der Waals surface area contributed by atoms with Crippen molar-refractivity contribution < 1.29 is 14.7 Å². The molecule has 2 amide bonds. The van der Waals surface area contributed by atoms with Crippen molar-refractivity contribution in [1.29, 1.82) is 5.26 Å². The predicted molar refractivity (Wildman–Crippen MR) is 106 cm³/mol. The number of hydrogen-bond donors (Lipinski definition) is 3. The van der Waals surface area contributed by atoms with Gasteiger partial charge in [-0.25, -0.2) is 0 Å². The lowest BCUT2D eigenvalue weighted by Crippen LogP contribution is -2.37. The largest absolute Gasteiger partial charge is 0.386 e. The van der Waals surface area contributed by atoms with Gasteiger partial charge >= 0.3 is 11.8 Å². The van der Waals surface area contributed by atoms with Crippen LogP contribution in [0, 0.1) is 11.3 Å². The van der Waals surface area contributed by atoms with Crippen LogP contribution in [0.25, 0.3) is 10.9 Å². The number of nitrogens with one attached hydrogen (secondary N) is 2. The maximum atomic E-state index is 12.1. The highest BCUT2D eigenvalue weighted by molar-refractivity contribution is 6.40. The number of benzene rings is 2. The summed E-state index contributed by atoms with van der Waals surface area (Å²) in [5, 5.41) is 25.5. The number of halogens is 1. The molecular weight excluding hydrogens is 380 g/mol. The number of aryl methyl sites for hydroxylation is 1. The summed E-state index contributed by atoms with van der Waals surface area (Å²) in [7, 11) is 1.86. The quantitative estimate of drug-likeness (QED) is 0.589. The van der Waals surface area contributed by atoms with Crippen molar-refractivity contribution in [3.63, 3.8) is 0 Å². The fourth-order valence-electron chi connectivity index (χ4n) is 2.91. The predicted octanol–water partition coefficient (Wildman–Crippen LogP) is 2.49. The normalized spacial score (nSPS) is 11.6. The van der Waals surface area contributed by atoms with Crippen LogP contribution >= 0.6 is 11.6 Å². The Morgan fingerprint density at radius 3 is 2.75 bits per heavy atom. The number of aliphatic hydroxyl groups is 1. The standard InChI is InChI=1S/C20H17ClN4O3/c1-25-11-15(14-4-2-3-5-17(14)25)18(26)10-23-19(27)20(28)24-16-8-13(21)7-6-12(16)9-22/h2-8,11,18,26H,10H2,1H3,(H,23,27)(H,24,28)/t18-/m0/s1. The Bertz CT molecular complexity index is 1100. The Morgan fingerprint density at radius 1 is 1.25 bits per heavy atom. The van der Waals surface area contributed by atoms with Crippen LogP contribution < -0.4 is 10.6 Å². The molecule has 142 valence electrons. The van der Waals surface area contributed by atoms with E-state index < -0.39 is 17.9 Å². The van der Waals surface area contributed by atoms with E-state index in [1.165, 1.54) is 18.2 Å². The zero-order valence-electron chi connectivity index (χ0n) is 14.9. The summed E-state index contributed by atoms with van der Waals surface area (Å²) in [5.41, 5.74) is 1.93. The molecule has 8 heteroatoms. The van der Waals surface area contributed by atoms with Gasteiger partial charge in [0.05, 0.1) is 17.4 Å². The van der Waals surface area contributed by atoms with Gasteiger partial charge in [-0.05, 0) is 24.3 Å². The van der Waals surface area contributed by atoms with E-state index in [9.17, 15) is 14.7 Å². The van der Waals surface area contributed by atoms with Gasteiger partial charge in [0, 0.05) is 41.3 Å². The molecule has 0 aliphatic heterocycles. The van der Waals surface area contributed by atoms with Crippen molar-refractivity contribution >= 4 is 40.0 Å². The molecule has 1 heterocycles. The van der Waals surface area contributed by atoms with Crippen LogP contribution in [0.3, 0.4) is 0 Å². The van der Waals surface area contributed by atoms with Gasteiger partial charge in [-0.2, -0.15) is 5.26 Å². The number of aromatic nitrogens is 1. The number of nitriles is 1. The molecule has 1 aromatic heterocycles. The minimum Gasteiger partial charge on any atom is -0.386 e. The Kier molecular flexibility index (Phi) is 5.64. The molecule has 3 rings (SSSR count). The van der Waals surface area contributed by atoms with Gasteiger partial charge < -0.3 is 20.3 Å².